The van der Waals surface area contributed by atoms with Crippen LogP contribution in [0.2, 0.25) is 0 Å². The van der Waals surface area contributed by atoms with Gasteiger partial charge in [-0.2, -0.15) is 0 Å². The summed E-state index contributed by atoms with van der Waals surface area (Å²) in [7, 11) is 1.60. The van der Waals surface area contributed by atoms with Crippen LogP contribution in [0.5, 0.6) is 5.75 Å². The average Bonchev–Trinajstić information content (AvgIpc) is 3.32. The number of nitrogens with zero attached hydrogens (tertiary/aromatic N) is 2. The van der Waals surface area contributed by atoms with Gasteiger partial charge >= 0.3 is 6.09 Å². The molecule has 6 nitrogen and oxygen atoms in total. The van der Waals surface area contributed by atoms with Crippen LogP contribution in [0, 0.1) is 17.7 Å². The van der Waals surface area contributed by atoms with Gasteiger partial charge in [0.15, 0.2) is 0 Å². The van der Waals surface area contributed by atoms with Gasteiger partial charge in [0.05, 0.1) is 7.11 Å². The molecule has 37 heavy (non-hydrogen) atoms. The molecule has 1 atom stereocenters. The van der Waals surface area contributed by atoms with Crippen molar-refractivity contribution in [3.05, 3.63) is 54.1 Å². The smallest absolute Gasteiger partial charge is 0.410 e. The quantitative estimate of drug-likeness (QED) is 0.407. The lowest BCUT2D eigenvalue weighted by atomic mass is 9.76. The zero-order valence-corrected chi connectivity index (χ0v) is 22.1. The van der Waals surface area contributed by atoms with Crippen molar-refractivity contribution in [3.8, 4) is 16.9 Å². The van der Waals surface area contributed by atoms with Gasteiger partial charge in [0.25, 0.3) is 0 Å². The molecule has 0 radical (unpaired) electrons. The SMILES string of the molecule is COc1ccc(F)cc1-c1ccnc2[nH]c(C3=CCC(C4CCN(C(=O)OC(C)(C)C)CC4)CC3)cc12. The number of hydrogen-bond acceptors (Lipinski definition) is 4. The van der Waals surface area contributed by atoms with Crippen LogP contribution in [0.1, 0.15) is 58.6 Å². The molecule has 1 fully saturated rings. The van der Waals surface area contributed by atoms with E-state index in [1.54, 1.807) is 19.4 Å². The number of aromatic nitrogens is 2. The topological polar surface area (TPSA) is 67.5 Å². The molecule has 5 rings (SSSR count). The van der Waals surface area contributed by atoms with Crippen molar-refractivity contribution in [1.82, 2.24) is 14.9 Å². The highest BCUT2D eigenvalue weighted by Gasteiger charge is 2.31. The third-order valence-corrected chi connectivity index (χ3v) is 7.64. The number of benzene rings is 1. The molecule has 2 aromatic heterocycles. The summed E-state index contributed by atoms with van der Waals surface area (Å²) in [5, 5.41) is 0.957. The number of piperidine rings is 1. The number of likely N-dealkylation sites (tertiary alicyclic amines) is 1. The number of methoxy groups -OCH3 is 1. The largest absolute Gasteiger partial charge is 0.496 e. The highest BCUT2D eigenvalue weighted by molar-refractivity contribution is 5.96. The molecule has 7 heteroatoms. The Hall–Kier alpha value is -3.35. The summed E-state index contributed by atoms with van der Waals surface area (Å²) in [4.78, 5) is 22.3. The first-order valence-corrected chi connectivity index (χ1v) is 13.2. The number of ether oxygens (including phenoxy) is 2. The van der Waals surface area contributed by atoms with Crippen LogP contribution in [0.3, 0.4) is 0 Å². The van der Waals surface area contributed by atoms with Crippen LogP contribution in [-0.4, -0.2) is 46.8 Å². The Bertz CT molecular complexity index is 1320. The fourth-order valence-electron chi connectivity index (χ4n) is 5.73. The number of carbonyl (C=O) groups excluding carboxylic acids is 1. The number of H-pyrrole nitrogens is 1. The number of amides is 1. The number of nitrogens with one attached hydrogen (secondary N) is 1. The first-order valence-electron chi connectivity index (χ1n) is 13.2. The summed E-state index contributed by atoms with van der Waals surface area (Å²) in [5.41, 5.74) is 4.32. The molecule has 1 aromatic carbocycles. The van der Waals surface area contributed by atoms with Crippen LogP contribution in [-0.2, 0) is 4.74 Å². The van der Waals surface area contributed by atoms with E-state index >= 15 is 0 Å². The number of aromatic amines is 1. The number of allylic oxidation sites excluding steroid dienone is 2. The minimum Gasteiger partial charge on any atom is -0.496 e. The van der Waals surface area contributed by atoms with Gasteiger partial charge in [-0.05, 0) is 106 Å². The van der Waals surface area contributed by atoms with E-state index in [4.69, 9.17) is 9.47 Å². The van der Waals surface area contributed by atoms with E-state index in [1.807, 2.05) is 31.7 Å². The zero-order valence-electron chi connectivity index (χ0n) is 22.1. The van der Waals surface area contributed by atoms with E-state index in [1.165, 1.54) is 17.7 Å². The van der Waals surface area contributed by atoms with Gasteiger partial charge in [0.1, 0.15) is 22.8 Å². The summed E-state index contributed by atoms with van der Waals surface area (Å²) in [6.07, 6.45) is 9.15. The standard InChI is InChI=1S/C30H36FN3O3/c1-30(2,3)37-29(35)34-15-12-20(13-16-34)19-5-7-21(8-6-19)26-18-25-23(11-14-32-28(25)33-26)24-17-22(31)9-10-27(24)36-4/h7,9-11,14,17-20H,5-6,8,12-13,15-16H2,1-4H3,(H,32,33). The van der Waals surface area contributed by atoms with Gasteiger partial charge in [-0.3, -0.25) is 0 Å². The Labute approximate surface area is 217 Å². The fourth-order valence-corrected chi connectivity index (χ4v) is 5.73. The molecular weight excluding hydrogens is 469 g/mol. The van der Waals surface area contributed by atoms with Crippen molar-refractivity contribution >= 4 is 22.7 Å². The monoisotopic (exact) mass is 505 g/mol. The van der Waals surface area contributed by atoms with Crippen LogP contribution < -0.4 is 4.74 Å². The number of fused-ring (bicyclic) bond motifs is 1. The molecule has 1 N–H and O–H groups in total. The Morgan fingerprint density at radius 3 is 2.54 bits per heavy atom. The van der Waals surface area contributed by atoms with Gasteiger partial charge in [0.2, 0.25) is 0 Å². The van der Waals surface area contributed by atoms with E-state index in [9.17, 15) is 9.18 Å². The molecule has 3 aromatic rings. The number of pyridine rings is 1. The van der Waals surface area contributed by atoms with Gasteiger partial charge < -0.3 is 19.4 Å². The van der Waals surface area contributed by atoms with Gasteiger partial charge in [-0.25, -0.2) is 14.2 Å². The van der Waals surface area contributed by atoms with Crippen molar-refractivity contribution in [2.24, 2.45) is 11.8 Å². The van der Waals surface area contributed by atoms with E-state index in [0.717, 1.165) is 73.0 Å². The molecule has 2 aliphatic rings. The molecule has 1 aliphatic carbocycles. The molecule has 0 bridgehead atoms. The zero-order chi connectivity index (χ0) is 26.2. The highest BCUT2D eigenvalue weighted by atomic mass is 19.1. The Kier molecular flexibility index (Phi) is 6.97. The maximum atomic E-state index is 14.1. The van der Waals surface area contributed by atoms with Gasteiger partial charge in [-0.1, -0.05) is 6.08 Å². The second kappa shape index (κ2) is 10.2. The number of rotatable bonds is 4. The summed E-state index contributed by atoms with van der Waals surface area (Å²) >= 11 is 0. The first-order chi connectivity index (χ1) is 17.7. The molecule has 196 valence electrons. The molecule has 1 unspecified atom stereocenters. The normalized spacial score (nSPS) is 19.1. The Balaban J connectivity index is 1.28. The van der Waals surface area contributed by atoms with Crippen LogP contribution in [0.4, 0.5) is 9.18 Å². The number of carbonyl (C=O) groups is 1. The van der Waals surface area contributed by atoms with Crippen molar-refractivity contribution in [3.63, 3.8) is 0 Å². The maximum absolute atomic E-state index is 14.1. The predicted molar refractivity (Wildman–Crippen MR) is 144 cm³/mol. The summed E-state index contributed by atoms with van der Waals surface area (Å²) < 4.78 is 25.1. The van der Waals surface area contributed by atoms with Crippen molar-refractivity contribution < 1.29 is 18.7 Å². The van der Waals surface area contributed by atoms with Crippen molar-refractivity contribution in [2.45, 2.75) is 58.5 Å². The van der Waals surface area contributed by atoms with Crippen LogP contribution in [0.15, 0.2) is 42.6 Å². The van der Waals surface area contributed by atoms with Gasteiger partial charge in [-0.15, -0.1) is 0 Å². The molecule has 1 aliphatic heterocycles. The Morgan fingerprint density at radius 1 is 1.08 bits per heavy atom. The lowest BCUT2D eigenvalue weighted by molar-refractivity contribution is 0.0157. The van der Waals surface area contributed by atoms with E-state index in [-0.39, 0.29) is 11.9 Å². The minimum absolute atomic E-state index is 0.195. The lowest BCUT2D eigenvalue weighted by Gasteiger charge is -2.37. The molecular formula is C30H36FN3O3. The fraction of sp³-hybridized carbons (Fsp3) is 0.467. The van der Waals surface area contributed by atoms with E-state index in [2.05, 4.69) is 22.1 Å². The van der Waals surface area contributed by atoms with E-state index < -0.39 is 5.60 Å². The molecule has 1 saturated heterocycles. The molecule has 3 heterocycles. The third kappa shape index (κ3) is 5.50. The second-order valence-corrected chi connectivity index (χ2v) is 11.2. The third-order valence-electron chi connectivity index (χ3n) is 7.64. The maximum Gasteiger partial charge on any atom is 0.410 e. The lowest BCUT2D eigenvalue weighted by Crippen LogP contribution is -2.42. The van der Waals surface area contributed by atoms with Crippen molar-refractivity contribution in [1.29, 1.82) is 0 Å². The number of halogens is 1. The van der Waals surface area contributed by atoms with Crippen molar-refractivity contribution in [2.75, 3.05) is 20.2 Å². The second-order valence-electron chi connectivity index (χ2n) is 11.2. The van der Waals surface area contributed by atoms with Gasteiger partial charge in [0, 0.05) is 35.9 Å². The van der Waals surface area contributed by atoms with Crippen LogP contribution in [0.25, 0.3) is 27.7 Å². The highest BCUT2D eigenvalue weighted by Crippen LogP contribution is 2.40. The summed E-state index contributed by atoms with van der Waals surface area (Å²) in [5.74, 6) is 1.61. The Morgan fingerprint density at radius 2 is 1.86 bits per heavy atom. The average molecular weight is 506 g/mol. The molecule has 0 saturated carbocycles. The molecule has 1 amide bonds. The summed E-state index contributed by atoms with van der Waals surface area (Å²) in [6, 6.07) is 8.62. The minimum atomic E-state index is -0.458. The summed E-state index contributed by atoms with van der Waals surface area (Å²) in [6.45, 7) is 7.27. The first kappa shape index (κ1) is 25.3. The van der Waals surface area contributed by atoms with E-state index in [0.29, 0.717) is 17.6 Å². The van der Waals surface area contributed by atoms with Crippen LogP contribution >= 0.6 is 0 Å². The predicted octanol–water partition coefficient (Wildman–Crippen LogP) is 7.21. The number of hydrogen-bond donors (Lipinski definition) is 1. The molecule has 0 spiro atoms.